The van der Waals surface area contributed by atoms with Crippen molar-refractivity contribution < 1.29 is 14.3 Å². The van der Waals surface area contributed by atoms with Crippen LogP contribution < -0.4 is 0 Å². The molecule has 0 bridgehead atoms. The highest BCUT2D eigenvalue weighted by Gasteiger charge is 2.30. The van der Waals surface area contributed by atoms with Crippen molar-refractivity contribution in [3.05, 3.63) is 40.7 Å². The molecular weight excluding hydrogens is 356 g/mol. The highest BCUT2D eigenvalue weighted by atomic mass is 16.5. The fourth-order valence-electron chi connectivity index (χ4n) is 3.89. The molecule has 0 unspecified atom stereocenters. The van der Waals surface area contributed by atoms with E-state index in [1.165, 1.54) is 4.80 Å². The molecule has 1 aliphatic rings. The van der Waals surface area contributed by atoms with Gasteiger partial charge in [0.2, 0.25) is 0 Å². The van der Waals surface area contributed by atoms with E-state index in [4.69, 9.17) is 4.74 Å². The van der Waals surface area contributed by atoms with Crippen molar-refractivity contribution in [3.63, 3.8) is 0 Å². The maximum atomic E-state index is 12.6. The topological polar surface area (TPSA) is 77.3 Å². The van der Waals surface area contributed by atoms with E-state index in [-0.39, 0.29) is 30.3 Å². The van der Waals surface area contributed by atoms with Gasteiger partial charge in [-0.3, -0.25) is 4.79 Å². The average Bonchev–Trinajstić information content (AvgIpc) is 3.01. The summed E-state index contributed by atoms with van der Waals surface area (Å²) in [7, 11) is 0. The fraction of sp³-hybridized carbons (Fsp3) is 0.524. The highest BCUT2D eigenvalue weighted by Crippen LogP contribution is 2.22. The quantitative estimate of drug-likeness (QED) is 0.757. The van der Waals surface area contributed by atoms with Crippen LogP contribution in [0.3, 0.4) is 0 Å². The van der Waals surface area contributed by atoms with Crippen molar-refractivity contribution in [2.45, 2.75) is 66.0 Å². The Morgan fingerprint density at radius 3 is 2.43 bits per heavy atom. The monoisotopic (exact) mass is 384 g/mol. The van der Waals surface area contributed by atoms with Gasteiger partial charge in [0.25, 0.3) is 5.91 Å². The molecule has 3 rings (SSSR count). The van der Waals surface area contributed by atoms with Gasteiger partial charge >= 0.3 is 5.97 Å². The van der Waals surface area contributed by atoms with Crippen LogP contribution in [0, 0.1) is 20.8 Å². The van der Waals surface area contributed by atoms with Crippen molar-refractivity contribution in [1.29, 1.82) is 0 Å². The van der Waals surface area contributed by atoms with E-state index < -0.39 is 5.97 Å². The van der Waals surface area contributed by atoms with E-state index in [2.05, 4.69) is 10.2 Å². The average molecular weight is 384 g/mol. The first-order valence-corrected chi connectivity index (χ1v) is 9.77. The molecule has 7 heteroatoms. The molecule has 0 radical (unpaired) electrons. The Kier molecular flexibility index (Phi) is 5.82. The molecule has 1 aliphatic heterocycles. The lowest BCUT2D eigenvalue weighted by atomic mass is 9.97. The summed E-state index contributed by atoms with van der Waals surface area (Å²) in [5.74, 6) is -0.786. The minimum atomic E-state index is -0.626. The number of piperidine rings is 1. The van der Waals surface area contributed by atoms with Gasteiger partial charge in [-0.1, -0.05) is 17.7 Å². The molecule has 0 spiro atoms. The number of esters is 1. The summed E-state index contributed by atoms with van der Waals surface area (Å²) in [6.45, 7) is 9.49. The number of aromatic nitrogens is 3. The van der Waals surface area contributed by atoms with Crippen LogP contribution in [0.5, 0.6) is 0 Å². The van der Waals surface area contributed by atoms with Crippen LogP contribution >= 0.6 is 0 Å². The van der Waals surface area contributed by atoms with E-state index in [9.17, 15) is 9.59 Å². The summed E-state index contributed by atoms with van der Waals surface area (Å²) < 4.78 is 5.27. The van der Waals surface area contributed by atoms with Crippen molar-refractivity contribution in [2.24, 2.45) is 0 Å². The maximum absolute atomic E-state index is 12.6. The summed E-state index contributed by atoms with van der Waals surface area (Å²) in [6, 6.07) is 6.26. The van der Waals surface area contributed by atoms with Crippen LogP contribution in [0.25, 0.3) is 5.69 Å². The Bertz CT molecular complexity index is 880. The molecule has 28 heavy (non-hydrogen) atoms. The summed E-state index contributed by atoms with van der Waals surface area (Å²) in [4.78, 5) is 28.3. The predicted molar refractivity (Wildman–Crippen MR) is 105 cm³/mol. The molecule has 2 atom stereocenters. The molecule has 0 aliphatic carbocycles. The molecule has 1 amide bonds. The fourth-order valence-corrected chi connectivity index (χ4v) is 3.89. The number of likely N-dealkylation sites (tertiary alicyclic amines) is 1. The zero-order valence-corrected chi connectivity index (χ0v) is 17.2. The predicted octanol–water partition coefficient (Wildman–Crippen LogP) is 3.14. The van der Waals surface area contributed by atoms with E-state index >= 15 is 0 Å². The Labute approximate surface area is 165 Å². The molecule has 7 nitrogen and oxygen atoms in total. The number of hydrogen-bond donors (Lipinski definition) is 0. The molecule has 1 saturated heterocycles. The summed E-state index contributed by atoms with van der Waals surface area (Å²) in [5.41, 5.74) is 3.56. The number of ether oxygens (including phenoxy) is 1. The summed E-state index contributed by atoms with van der Waals surface area (Å²) in [5, 5.41) is 8.64. The first kappa shape index (κ1) is 20.0. The van der Waals surface area contributed by atoms with Crippen LogP contribution in [0.4, 0.5) is 0 Å². The van der Waals surface area contributed by atoms with Gasteiger partial charge in [0.1, 0.15) is 0 Å². The number of hydrogen-bond acceptors (Lipinski definition) is 5. The van der Waals surface area contributed by atoms with E-state index in [1.54, 1.807) is 6.92 Å². The third-order valence-electron chi connectivity index (χ3n) is 5.35. The molecule has 0 saturated carbocycles. The van der Waals surface area contributed by atoms with Crippen LogP contribution in [0.2, 0.25) is 0 Å². The van der Waals surface area contributed by atoms with Crippen molar-refractivity contribution in [1.82, 2.24) is 19.9 Å². The minimum Gasteiger partial charge on any atom is -0.451 e. The first-order chi connectivity index (χ1) is 13.3. The van der Waals surface area contributed by atoms with Crippen molar-refractivity contribution >= 4 is 11.9 Å². The molecule has 2 aromatic rings. The number of nitrogens with zero attached hydrogens (tertiary/aromatic N) is 4. The summed E-state index contributed by atoms with van der Waals surface area (Å²) >= 11 is 0. The molecule has 2 heterocycles. The van der Waals surface area contributed by atoms with E-state index in [0.717, 1.165) is 36.1 Å². The van der Waals surface area contributed by atoms with Crippen molar-refractivity contribution in [3.8, 4) is 5.69 Å². The molecule has 0 N–H and O–H groups in total. The van der Waals surface area contributed by atoms with Crippen molar-refractivity contribution in [2.75, 3.05) is 6.61 Å². The van der Waals surface area contributed by atoms with Gasteiger partial charge in [-0.25, -0.2) is 4.79 Å². The van der Waals surface area contributed by atoms with E-state index in [0.29, 0.717) is 5.69 Å². The van der Waals surface area contributed by atoms with Gasteiger partial charge in [0, 0.05) is 12.1 Å². The van der Waals surface area contributed by atoms with Gasteiger partial charge in [-0.2, -0.15) is 9.90 Å². The standard InChI is InChI=1S/C21H28N4O3/c1-13-9-10-18(14(2)11-13)25-22-17(5)20(23-25)21(27)28-12-19(26)24-15(3)7-6-8-16(24)4/h9-11,15-16H,6-8,12H2,1-5H3/t15-,16+. The second-order valence-electron chi connectivity index (χ2n) is 7.72. The zero-order chi connectivity index (χ0) is 20.4. The van der Waals surface area contributed by atoms with E-state index in [1.807, 2.05) is 50.8 Å². The van der Waals surface area contributed by atoms with Gasteiger partial charge in [0.15, 0.2) is 12.3 Å². The lowest BCUT2D eigenvalue weighted by Gasteiger charge is -2.38. The SMILES string of the molecule is Cc1ccc(-n2nc(C)c(C(=O)OCC(=O)N3[C@H](C)CCC[C@@H]3C)n2)c(C)c1. The maximum Gasteiger partial charge on any atom is 0.361 e. The minimum absolute atomic E-state index is 0.132. The highest BCUT2D eigenvalue weighted by molar-refractivity contribution is 5.90. The smallest absolute Gasteiger partial charge is 0.361 e. The molecular formula is C21H28N4O3. The number of carbonyl (C=O) groups is 2. The van der Waals surface area contributed by atoms with Crippen LogP contribution in [-0.2, 0) is 9.53 Å². The molecule has 1 fully saturated rings. The Balaban J connectivity index is 1.69. The number of rotatable bonds is 4. The Morgan fingerprint density at radius 1 is 1.11 bits per heavy atom. The normalized spacial score (nSPS) is 19.5. The van der Waals surface area contributed by atoms with Gasteiger partial charge < -0.3 is 9.64 Å². The number of amides is 1. The third-order valence-corrected chi connectivity index (χ3v) is 5.35. The first-order valence-electron chi connectivity index (χ1n) is 9.77. The Morgan fingerprint density at radius 2 is 1.79 bits per heavy atom. The molecule has 150 valence electrons. The molecule has 1 aromatic carbocycles. The zero-order valence-electron chi connectivity index (χ0n) is 17.2. The second kappa shape index (κ2) is 8.12. The largest absolute Gasteiger partial charge is 0.451 e. The second-order valence-corrected chi connectivity index (χ2v) is 7.72. The van der Waals surface area contributed by atoms with Gasteiger partial charge in [-0.05, 0) is 65.5 Å². The van der Waals surface area contributed by atoms with Gasteiger partial charge in [0.05, 0.1) is 11.4 Å². The van der Waals surface area contributed by atoms with Gasteiger partial charge in [-0.15, -0.1) is 5.10 Å². The summed E-state index contributed by atoms with van der Waals surface area (Å²) in [6.07, 6.45) is 3.08. The van der Waals surface area contributed by atoms with Crippen LogP contribution in [0.1, 0.15) is 60.4 Å². The number of aryl methyl sites for hydroxylation is 3. The third kappa shape index (κ3) is 4.08. The van der Waals surface area contributed by atoms with Crippen LogP contribution in [0.15, 0.2) is 18.2 Å². The van der Waals surface area contributed by atoms with Crippen LogP contribution in [-0.4, -0.2) is 50.5 Å². The number of benzene rings is 1. The number of carbonyl (C=O) groups excluding carboxylic acids is 2. The molecule has 1 aromatic heterocycles. The lowest BCUT2D eigenvalue weighted by Crippen LogP contribution is -2.49. The lowest BCUT2D eigenvalue weighted by molar-refractivity contribution is -0.140. The Hall–Kier alpha value is -2.70.